The molecule has 2 aromatic carbocycles. The summed E-state index contributed by atoms with van der Waals surface area (Å²) in [6, 6.07) is 12.1. The van der Waals surface area contributed by atoms with E-state index in [2.05, 4.69) is 15.5 Å². The molecule has 0 saturated heterocycles. The van der Waals surface area contributed by atoms with Gasteiger partial charge in [-0.15, -0.1) is 5.10 Å². The number of nitrogens with zero attached hydrogens (tertiary/aromatic N) is 2. The summed E-state index contributed by atoms with van der Waals surface area (Å²) < 4.78 is 15.9. The Morgan fingerprint density at radius 3 is 2.82 bits per heavy atom. The smallest absolute Gasteiger partial charge is 0.322 e. The van der Waals surface area contributed by atoms with Gasteiger partial charge in [-0.3, -0.25) is 10.1 Å². The van der Waals surface area contributed by atoms with E-state index in [0.717, 1.165) is 11.3 Å². The van der Waals surface area contributed by atoms with Crippen LogP contribution >= 0.6 is 0 Å². The lowest BCUT2D eigenvalue weighted by Crippen LogP contribution is -2.07. The van der Waals surface area contributed by atoms with Gasteiger partial charge >= 0.3 is 6.01 Å². The number of allylic oxidation sites excluding steroid dienone is 2. The monoisotopic (exact) mass is 377 g/mol. The van der Waals surface area contributed by atoms with E-state index in [4.69, 9.17) is 13.9 Å². The Balaban J connectivity index is 1.35. The van der Waals surface area contributed by atoms with Crippen molar-refractivity contribution in [2.75, 3.05) is 12.1 Å². The Morgan fingerprint density at radius 1 is 1.07 bits per heavy atom. The number of aromatic hydroxyl groups is 1. The van der Waals surface area contributed by atoms with Crippen molar-refractivity contribution in [1.29, 1.82) is 0 Å². The third-order valence-corrected chi connectivity index (χ3v) is 3.83. The quantitative estimate of drug-likeness (QED) is 0.518. The fraction of sp³-hybridized carbons (Fsp3) is 0.0500. The molecule has 1 amide bonds. The number of anilines is 1. The van der Waals surface area contributed by atoms with Crippen molar-refractivity contribution in [2.45, 2.75) is 0 Å². The minimum absolute atomic E-state index is 0.0116. The zero-order chi connectivity index (χ0) is 19.3. The first-order valence-corrected chi connectivity index (χ1v) is 8.36. The average molecular weight is 377 g/mol. The number of amides is 1. The van der Waals surface area contributed by atoms with Gasteiger partial charge in [0, 0.05) is 6.08 Å². The summed E-state index contributed by atoms with van der Waals surface area (Å²) in [4.78, 5) is 11.9. The largest absolute Gasteiger partial charge is 0.507 e. The predicted octanol–water partition coefficient (Wildman–Crippen LogP) is 3.38. The number of hydrogen-bond acceptors (Lipinski definition) is 7. The number of benzene rings is 2. The molecule has 8 heteroatoms. The fourth-order valence-electron chi connectivity index (χ4n) is 2.51. The number of nitrogens with one attached hydrogen (secondary N) is 1. The molecule has 0 unspecified atom stereocenters. The molecule has 140 valence electrons. The van der Waals surface area contributed by atoms with Gasteiger partial charge in [-0.1, -0.05) is 41.5 Å². The predicted molar refractivity (Wildman–Crippen MR) is 101 cm³/mol. The van der Waals surface area contributed by atoms with Crippen molar-refractivity contribution in [2.24, 2.45) is 0 Å². The number of carbonyl (C=O) groups is 1. The Bertz CT molecular complexity index is 1070. The van der Waals surface area contributed by atoms with E-state index in [1.54, 1.807) is 30.4 Å². The summed E-state index contributed by atoms with van der Waals surface area (Å²) in [5, 5.41) is 19.8. The molecule has 0 saturated carbocycles. The first kappa shape index (κ1) is 17.3. The highest BCUT2D eigenvalue weighted by molar-refractivity contribution is 5.98. The van der Waals surface area contributed by atoms with Crippen LogP contribution in [0.5, 0.6) is 17.2 Å². The number of hydrogen-bond donors (Lipinski definition) is 2. The van der Waals surface area contributed by atoms with Crippen molar-refractivity contribution in [3.63, 3.8) is 0 Å². The molecule has 1 aromatic heterocycles. The lowest BCUT2D eigenvalue weighted by atomic mass is 10.2. The first-order chi connectivity index (χ1) is 13.7. The second-order valence-corrected chi connectivity index (χ2v) is 5.75. The Hall–Kier alpha value is -4.07. The van der Waals surface area contributed by atoms with Gasteiger partial charge < -0.3 is 19.0 Å². The topological polar surface area (TPSA) is 107 Å². The van der Waals surface area contributed by atoms with E-state index in [0.29, 0.717) is 11.3 Å². The highest BCUT2D eigenvalue weighted by atomic mass is 16.7. The Kier molecular flexibility index (Phi) is 4.75. The molecule has 2 N–H and O–H groups in total. The summed E-state index contributed by atoms with van der Waals surface area (Å²) in [5.74, 6) is 1.11. The minimum Gasteiger partial charge on any atom is -0.507 e. The molecule has 0 fully saturated rings. The normalized spacial score (nSPS) is 12.7. The SMILES string of the molecule is O=C(/C=C/C=C/c1ccc2c(c1)OCO2)Nc1nnc(-c2ccccc2O)o1. The molecule has 1 aliphatic rings. The zero-order valence-corrected chi connectivity index (χ0v) is 14.5. The van der Waals surface area contributed by atoms with Crippen LogP contribution in [0.4, 0.5) is 6.01 Å². The van der Waals surface area contributed by atoms with Crippen LogP contribution in [0, 0.1) is 0 Å². The highest BCUT2D eigenvalue weighted by Crippen LogP contribution is 2.32. The van der Waals surface area contributed by atoms with Crippen LogP contribution in [-0.2, 0) is 4.79 Å². The van der Waals surface area contributed by atoms with E-state index in [1.165, 1.54) is 12.1 Å². The molecular weight excluding hydrogens is 362 g/mol. The van der Waals surface area contributed by atoms with Gasteiger partial charge in [0.2, 0.25) is 6.79 Å². The van der Waals surface area contributed by atoms with Crippen LogP contribution in [-0.4, -0.2) is 28.0 Å². The molecule has 1 aliphatic heterocycles. The van der Waals surface area contributed by atoms with E-state index in [9.17, 15) is 9.90 Å². The van der Waals surface area contributed by atoms with E-state index in [-0.39, 0.29) is 24.4 Å². The molecule has 2 heterocycles. The van der Waals surface area contributed by atoms with Crippen molar-refractivity contribution in [3.8, 4) is 28.7 Å². The van der Waals surface area contributed by atoms with Gasteiger partial charge in [-0.25, -0.2) is 0 Å². The van der Waals surface area contributed by atoms with Crippen LogP contribution < -0.4 is 14.8 Å². The number of rotatable bonds is 5. The van der Waals surface area contributed by atoms with E-state index < -0.39 is 5.91 Å². The fourth-order valence-corrected chi connectivity index (χ4v) is 2.51. The molecule has 0 spiro atoms. The van der Waals surface area contributed by atoms with Gasteiger partial charge in [0.1, 0.15) is 5.75 Å². The minimum atomic E-state index is -0.428. The number of para-hydroxylation sites is 1. The molecule has 28 heavy (non-hydrogen) atoms. The Morgan fingerprint density at radius 2 is 1.93 bits per heavy atom. The molecular formula is C20H15N3O5. The first-order valence-electron chi connectivity index (χ1n) is 8.36. The number of phenolic OH excluding ortho intramolecular Hbond substituents is 1. The van der Waals surface area contributed by atoms with Crippen molar-refractivity contribution in [1.82, 2.24) is 10.2 Å². The number of fused-ring (bicyclic) bond motifs is 1. The van der Waals surface area contributed by atoms with Crippen LogP contribution in [0.1, 0.15) is 5.56 Å². The molecule has 8 nitrogen and oxygen atoms in total. The lowest BCUT2D eigenvalue weighted by Gasteiger charge is -1.97. The van der Waals surface area contributed by atoms with Crippen LogP contribution in [0.3, 0.4) is 0 Å². The molecule has 0 bridgehead atoms. The lowest BCUT2D eigenvalue weighted by molar-refractivity contribution is -0.112. The average Bonchev–Trinajstić information content (AvgIpc) is 3.34. The maximum absolute atomic E-state index is 11.9. The summed E-state index contributed by atoms with van der Waals surface area (Å²) >= 11 is 0. The summed E-state index contributed by atoms with van der Waals surface area (Å²) in [5.41, 5.74) is 1.30. The van der Waals surface area contributed by atoms with Gasteiger partial charge in [0.05, 0.1) is 5.56 Å². The third kappa shape index (κ3) is 3.85. The number of ether oxygens (including phenoxy) is 2. The van der Waals surface area contributed by atoms with E-state index >= 15 is 0 Å². The second kappa shape index (κ2) is 7.67. The Labute approximate surface area is 159 Å². The summed E-state index contributed by atoms with van der Waals surface area (Å²) in [6.45, 7) is 0.226. The van der Waals surface area contributed by atoms with Gasteiger partial charge in [0.25, 0.3) is 11.8 Å². The number of aromatic nitrogens is 2. The van der Waals surface area contributed by atoms with Crippen molar-refractivity contribution < 1.29 is 23.8 Å². The molecule has 4 rings (SSSR count). The molecule has 3 aromatic rings. The highest BCUT2D eigenvalue weighted by Gasteiger charge is 2.13. The zero-order valence-electron chi connectivity index (χ0n) is 14.5. The van der Waals surface area contributed by atoms with Gasteiger partial charge in [-0.05, 0) is 29.8 Å². The maximum Gasteiger partial charge on any atom is 0.322 e. The van der Waals surface area contributed by atoms with E-state index in [1.807, 2.05) is 24.3 Å². The molecule has 0 atom stereocenters. The summed E-state index contributed by atoms with van der Waals surface area (Å²) in [6.07, 6.45) is 6.46. The number of carbonyl (C=O) groups excluding carboxylic acids is 1. The van der Waals surface area contributed by atoms with Crippen molar-refractivity contribution in [3.05, 3.63) is 66.3 Å². The summed E-state index contributed by atoms with van der Waals surface area (Å²) in [7, 11) is 0. The molecule has 0 radical (unpaired) electrons. The second-order valence-electron chi connectivity index (χ2n) is 5.75. The molecule has 0 aliphatic carbocycles. The van der Waals surface area contributed by atoms with Gasteiger partial charge in [-0.2, -0.15) is 0 Å². The standard InChI is InChI=1S/C20H15N3O5/c24-15-7-3-2-6-14(15)19-22-23-20(28-19)21-18(25)8-4-1-5-13-9-10-16-17(11-13)27-12-26-16/h1-11,24H,12H2,(H,21,23,25)/b5-1+,8-4+. The third-order valence-electron chi connectivity index (χ3n) is 3.83. The van der Waals surface area contributed by atoms with Gasteiger partial charge in [0.15, 0.2) is 11.5 Å². The van der Waals surface area contributed by atoms with Crippen LogP contribution in [0.25, 0.3) is 17.5 Å². The maximum atomic E-state index is 11.9. The van der Waals surface area contributed by atoms with Crippen LogP contribution in [0.15, 0.2) is 65.1 Å². The van der Waals surface area contributed by atoms with Crippen molar-refractivity contribution >= 4 is 18.0 Å². The number of phenols is 1. The van der Waals surface area contributed by atoms with Crippen LogP contribution in [0.2, 0.25) is 0 Å².